The van der Waals surface area contributed by atoms with Crippen LogP contribution in [0.1, 0.15) is 30.7 Å². The molecule has 0 spiro atoms. The standard InChI is InChI=1S/C19H21N3O2S2/c1-2-23-16-9-4-3-7-14(16)18-20-22(19(25)24-18)13-21-11-5-8-15(21)17-10-6-12-26-17/h3-4,6-7,9-10,12,15H,2,5,8,11,13H2,1H3/p+1/t15-/m0/s1. The van der Waals surface area contributed by atoms with Gasteiger partial charge in [0.2, 0.25) is 0 Å². The van der Waals surface area contributed by atoms with Crippen LogP contribution in [0.25, 0.3) is 11.5 Å². The van der Waals surface area contributed by atoms with Gasteiger partial charge in [-0.25, -0.2) is 0 Å². The van der Waals surface area contributed by atoms with Crippen LogP contribution in [-0.4, -0.2) is 22.9 Å². The Hall–Kier alpha value is -1.96. The first-order chi connectivity index (χ1) is 12.8. The average Bonchev–Trinajstić information content (AvgIpc) is 3.38. The summed E-state index contributed by atoms with van der Waals surface area (Å²) in [5.74, 6) is 1.29. The summed E-state index contributed by atoms with van der Waals surface area (Å²) in [6.07, 6.45) is 2.43. The Kier molecular flexibility index (Phi) is 5.19. The summed E-state index contributed by atoms with van der Waals surface area (Å²) in [5.41, 5.74) is 0.838. The van der Waals surface area contributed by atoms with Crippen LogP contribution in [0.5, 0.6) is 5.75 Å². The van der Waals surface area contributed by atoms with Crippen LogP contribution in [-0.2, 0) is 6.67 Å². The minimum absolute atomic E-state index is 0.413. The van der Waals surface area contributed by atoms with Gasteiger partial charge in [-0.3, -0.25) is 0 Å². The van der Waals surface area contributed by atoms with Crippen LogP contribution in [0.4, 0.5) is 0 Å². The maximum Gasteiger partial charge on any atom is 0.292 e. The van der Waals surface area contributed by atoms with E-state index in [1.165, 1.54) is 22.6 Å². The lowest BCUT2D eigenvalue weighted by atomic mass is 10.2. The fourth-order valence-electron chi connectivity index (χ4n) is 3.57. The first kappa shape index (κ1) is 17.5. The summed E-state index contributed by atoms with van der Waals surface area (Å²) in [7, 11) is 0. The van der Waals surface area contributed by atoms with Crippen LogP contribution in [0.2, 0.25) is 0 Å². The SMILES string of the molecule is CCOc1ccccc1-c1nn(C[NH+]2CCC[C@H]2c2cccs2)c(=S)o1. The number of hydrogen-bond acceptors (Lipinski definition) is 5. The molecule has 0 saturated carbocycles. The molecule has 0 radical (unpaired) electrons. The Morgan fingerprint density at radius 1 is 1.35 bits per heavy atom. The Bertz CT molecular complexity index is 917. The molecule has 1 unspecified atom stereocenters. The molecular formula is C19H22N3O2S2+. The van der Waals surface area contributed by atoms with Crippen molar-refractivity contribution in [3.63, 3.8) is 0 Å². The van der Waals surface area contributed by atoms with Gasteiger partial charge in [0, 0.05) is 12.8 Å². The third-order valence-corrected chi connectivity index (χ3v) is 6.03. The monoisotopic (exact) mass is 388 g/mol. The van der Waals surface area contributed by atoms with E-state index in [0.29, 0.717) is 23.4 Å². The summed E-state index contributed by atoms with van der Waals surface area (Å²) in [6, 6.07) is 12.6. The van der Waals surface area contributed by atoms with Gasteiger partial charge in [-0.1, -0.05) is 18.2 Å². The first-order valence-corrected chi connectivity index (χ1v) is 10.2. The summed E-state index contributed by atoms with van der Waals surface area (Å²) >= 11 is 7.27. The highest BCUT2D eigenvalue weighted by Crippen LogP contribution is 2.29. The van der Waals surface area contributed by atoms with Crippen molar-refractivity contribution in [1.82, 2.24) is 9.78 Å². The molecule has 1 N–H and O–H groups in total. The molecule has 1 saturated heterocycles. The summed E-state index contributed by atoms with van der Waals surface area (Å²) in [4.78, 5) is 3.34. The van der Waals surface area contributed by atoms with Crippen molar-refractivity contribution in [2.24, 2.45) is 0 Å². The topological polar surface area (TPSA) is 44.6 Å². The molecule has 1 aliphatic heterocycles. The maximum atomic E-state index is 5.80. The zero-order valence-electron chi connectivity index (χ0n) is 14.7. The number of aromatic nitrogens is 2. The fraction of sp³-hybridized carbons (Fsp3) is 0.368. The number of hydrogen-bond donors (Lipinski definition) is 1. The number of benzene rings is 1. The van der Waals surface area contributed by atoms with Crippen molar-refractivity contribution in [1.29, 1.82) is 0 Å². The van der Waals surface area contributed by atoms with Gasteiger partial charge >= 0.3 is 0 Å². The van der Waals surface area contributed by atoms with Gasteiger partial charge in [-0.05, 0) is 42.7 Å². The predicted octanol–water partition coefficient (Wildman–Crippen LogP) is 3.71. The Morgan fingerprint density at radius 3 is 3.04 bits per heavy atom. The lowest BCUT2D eigenvalue weighted by Crippen LogP contribution is -3.09. The summed E-state index contributed by atoms with van der Waals surface area (Å²) < 4.78 is 13.3. The third-order valence-electron chi connectivity index (χ3n) is 4.75. The molecule has 1 aromatic carbocycles. The van der Waals surface area contributed by atoms with E-state index >= 15 is 0 Å². The van der Waals surface area contributed by atoms with Gasteiger partial charge in [-0.2, -0.15) is 4.68 Å². The van der Waals surface area contributed by atoms with Crippen LogP contribution in [0, 0.1) is 4.84 Å². The number of nitrogens with one attached hydrogen (secondary N) is 1. The zero-order chi connectivity index (χ0) is 17.9. The molecule has 0 bridgehead atoms. The van der Waals surface area contributed by atoms with Gasteiger partial charge < -0.3 is 14.1 Å². The number of nitrogens with zero attached hydrogens (tertiary/aromatic N) is 2. The molecule has 0 amide bonds. The number of para-hydroxylation sites is 1. The lowest BCUT2D eigenvalue weighted by Gasteiger charge is -2.19. The minimum Gasteiger partial charge on any atom is -0.493 e. The largest absolute Gasteiger partial charge is 0.493 e. The van der Waals surface area contributed by atoms with Crippen molar-refractivity contribution in [2.45, 2.75) is 32.5 Å². The molecule has 3 aromatic rings. The van der Waals surface area contributed by atoms with Crippen LogP contribution >= 0.6 is 23.6 Å². The van der Waals surface area contributed by atoms with E-state index in [9.17, 15) is 0 Å². The molecule has 26 heavy (non-hydrogen) atoms. The molecule has 3 heterocycles. The number of rotatable bonds is 6. The molecule has 2 atom stereocenters. The van der Waals surface area contributed by atoms with Crippen molar-refractivity contribution < 1.29 is 14.1 Å². The van der Waals surface area contributed by atoms with Gasteiger partial charge in [0.1, 0.15) is 11.8 Å². The molecular weight excluding hydrogens is 366 g/mol. The fourth-order valence-corrected chi connectivity index (χ4v) is 4.67. The molecule has 2 aromatic heterocycles. The first-order valence-electron chi connectivity index (χ1n) is 8.94. The Balaban J connectivity index is 1.59. The van der Waals surface area contributed by atoms with Crippen LogP contribution in [0.3, 0.4) is 0 Å². The van der Waals surface area contributed by atoms with E-state index in [2.05, 4.69) is 22.6 Å². The van der Waals surface area contributed by atoms with Gasteiger partial charge in [0.25, 0.3) is 10.7 Å². The van der Waals surface area contributed by atoms with Crippen molar-refractivity contribution in [2.75, 3.05) is 13.2 Å². The molecule has 0 aliphatic carbocycles. The van der Waals surface area contributed by atoms with E-state index in [0.717, 1.165) is 24.5 Å². The highest BCUT2D eigenvalue weighted by Gasteiger charge is 2.31. The maximum absolute atomic E-state index is 5.80. The molecule has 4 rings (SSSR count). The van der Waals surface area contributed by atoms with Crippen LogP contribution in [0.15, 0.2) is 46.2 Å². The van der Waals surface area contributed by atoms with Crippen molar-refractivity contribution >= 4 is 23.6 Å². The van der Waals surface area contributed by atoms with E-state index in [-0.39, 0.29) is 0 Å². The second kappa shape index (κ2) is 7.73. The average molecular weight is 389 g/mol. The van der Waals surface area contributed by atoms with Gasteiger partial charge in [-0.15, -0.1) is 16.4 Å². The zero-order valence-corrected chi connectivity index (χ0v) is 16.3. The summed E-state index contributed by atoms with van der Waals surface area (Å²) in [6.45, 7) is 4.41. The third kappa shape index (κ3) is 3.47. The number of likely N-dealkylation sites (tertiary alicyclic amines) is 1. The molecule has 136 valence electrons. The Labute approximate surface area is 161 Å². The van der Waals surface area contributed by atoms with Crippen LogP contribution < -0.4 is 9.64 Å². The van der Waals surface area contributed by atoms with Gasteiger partial charge in [0.15, 0.2) is 6.67 Å². The number of thiophene rings is 1. The molecule has 1 aliphatic rings. The van der Waals surface area contributed by atoms with E-state index in [1.807, 2.05) is 47.2 Å². The normalized spacial score (nSPS) is 19.7. The smallest absolute Gasteiger partial charge is 0.292 e. The number of ether oxygens (including phenoxy) is 1. The Morgan fingerprint density at radius 2 is 2.23 bits per heavy atom. The minimum atomic E-state index is 0.413. The van der Waals surface area contributed by atoms with Crippen molar-refractivity contribution in [3.05, 3.63) is 51.5 Å². The molecule has 7 heteroatoms. The number of quaternary nitrogens is 1. The molecule has 5 nitrogen and oxygen atoms in total. The quantitative estimate of drug-likeness (QED) is 0.654. The summed E-state index contributed by atoms with van der Waals surface area (Å²) in [5, 5.41) is 6.80. The van der Waals surface area contributed by atoms with E-state index in [4.69, 9.17) is 21.4 Å². The second-order valence-corrected chi connectivity index (χ2v) is 7.71. The predicted molar refractivity (Wildman–Crippen MR) is 104 cm³/mol. The van der Waals surface area contributed by atoms with E-state index < -0.39 is 0 Å². The highest BCUT2D eigenvalue weighted by molar-refractivity contribution is 7.71. The van der Waals surface area contributed by atoms with Gasteiger partial charge in [0.05, 0.1) is 23.6 Å². The van der Waals surface area contributed by atoms with E-state index in [1.54, 1.807) is 0 Å². The van der Waals surface area contributed by atoms with Crippen molar-refractivity contribution in [3.8, 4) is 17.2 Å². The highest BCUT2D eigenvalue weighted by atomic mass is 32.1. The lowest BCUT2D eigenvalue weighted by molar-refractivity contribution is -0.941. The molecule has 1 fully saturated rings. The second-order valence-electron chi connectivity index (χ2n) is 6.38.